The second kappa shape index (κ2) is 5.72. The van der Waals surface area contributed by atoms with Crippen molar-refractivity contribution in [1.29, 1.82) is 0 Å². The largest absolute Gasteiger partial charge is 0.480 e. The van der Waals surface area contributed by atoms with Gasteiger partial charge in [-0.25, -0.2) is 0 Å². The van der Waals surface area contributed by atoms with Gasteiger partial charge in [0.05, 0.1) is 0 Å². The van der Waals surface area contributed by atoms with Crippen LogP contribution in [0, 0.1) is 0 Å². The molecule has 15 heavy (non-hydrogen) atoms. The number of hydrogen-bond donors (Lipinski definition) is 3. The topological polar surface area (TPSA) is 76.2 Å². The highest BCUT2D eigenvalue weighted by Crippen LogP contribution is 2.10. The third-order valence-electron chi connectivity index (χ3n) is 2.12. The van der Waals surface area contributed by atoms with Crippen molar-refractivity contribution in [2.75, 3.05) is 0 Å². The lowest BCUT2D eigenvalue weighted by molar-refractivity contribution is -0.138. The first-order valence-corrected chi connectivity index (χ1v) is 5.19. The maximum absolute atomic E-state index is 10.6. The Balaban J connectivity index is 2.41. The number of nitrogens with two attached hydrogens (primary N) is 1. The fourth-order valence-electron chi connectivity index (χ4n) is 1.19. The molecule has 0 aliphatic carbocycles. The molecular formula is C10H14N2O2S. The first-order valence-electron chi connectivity index (χ1n) is 4.67. The minimum absolute atomic E-state index is 0.343. The van der Waals surface area contributed by atoms with Crippen molar-refractivity contribution in [3.8, 4) is 0 Å². The molecule has 1 aromatic heterocycles. The molecule has 1 heterocycles. The summed E-state index contributed by atoms with van der Waals surface area (Å²) in [6, 6.07) is 4.71. The fourth-order valence-corrected chi connectivity index (χ4v) is 1.44. The van der Waals surface area contributed by atoms with Crippen LogP contribution in [0.5, 0.6) is 0 Å². The molecule has 1 aromatic rings. The zero-order valence-corrected chi connectivity index (χ0v) is 9.10. The van der Waals surface area contributed by atoms with Crippen LogP contribution in [0.3, 0.4) is 0 Å². The first-order chi connectivity index (χ1) is 7.11. The van der Waals surface area contributed by atoms with E-state index in [2.05, 4.69) is 17.6 Å². The Labute approximate surface area is 93.9 Å². The quantitative estimate of drug-likeness (QED) is 0.647. The lowest BCUT2D eigenvalue weighted by Crippen LogP contribution is -2.39. The van der Waals surface area contributed by atoms with E-state index in [0.717, 1.165) is 5.69 Å². The normalized spacial score (nSPS) is 14.5. The third kappa shape index (κ3) is 3.89. The molecule has 0 aromatic carbocycles. The van der Waals surface area contributed by atoms with E-state index in [1.807, 2.05) is 18.2 Å². The molecule has 1 rings (SSSR count). The van der Waals surface area contributed by atoms with Crippen molar-refractivity contribution < 1.29 is 9.90 Å². The number of carboxylic acids is 1. The van der Waals surface area contributed by atoms with Crippen LogP contribution in [0.25, 0.3) is 0 Å². The van der Waals surface area contributed by atoms with Gasteiger partial charge in [-0.1, -0.05) is 6.07 Å². The summed E-state index contributed by atoms with van der Waals surface area (Å²) in [7, 11) is 0. The average Bonchev–Trinajstić information content (AvgIpc) is 2.26. The second-order valence-electron chi connectivity index (χ2n) is 3.29. The highest BCUT2D eigenvalue weighted by Gasteiger charge is 2.20. The summed E-state index contributed by atoms with van der Waals surface area (Å²) in [6.07, 6.45) is 3.00. The average molecular weight is 226 g/mol. The molecule has 0 bridgehead atoms. The smallest absolute Gasteiger partial charge is 0.321 e. The fraction of sp³-hybridized carbons (Fsp3) is 0.400. The summed E-state index contributed by atoms with van der Waals surface area (Å²) in [5.41, 5.74) is 6.35. The molecule has 0 amide bonds. The molecule has 5 heteroatoms. The number of aromatic nitrogens is 1. The zero-order valence-electron chi connectivity index (χ0n) is 8.21. The van der Waals surface area contributed by atoms with Crippen LogP contribution in [-0.2, 0) is 11.2 Å². The van der Waals surface area contributed by atoms with E-state index in [1.54, 1.807) is 6.20 Å². The van der Waals surface area contributed by atoms with Gasteiger partial charge < -0.3 is 10.8 Å². The lowest BCUT2D eigenvalue weighted by atomic mass is 10.1. The summed E-state index contributed by atoms with van der Waals surface area (Å²) in [5, 5.41) is 8.32. The Bertz CT molecular complexity index is 318. The van der Waals surface area contributed by atoms with Gasteiger partial charge in [0.15, 0.2) is 0 Å². The van der Waals surface area contributed by atoms with Crippen molar-refractivity contribution in [3.05, 3.63) is 30.1 Å². The van der Waals surface area contributed by atoms with Gasteiger partial charge in [-0.3, -0.25) is 9.78 Å². The van der Waals surface area contributed by atoms with Crippen LogP contribution in [0.1, 0.15) is 12.1 Å². The number of carbonyl (C=O) groups is 1. The van der Waals surface area contributed by atoms with Crippen LogP contribution in [-0.4, -0.2) is 27.4 Å². The predicted molar refractivity (Wildman–Crippen MR) is 60.9 cm³/mol. The molecule has 0 aliphatic heterocycles. The molecule has 0 radical (unpaired) electrons. The van der Waals surface area contributed by atoms with E-state index in [0.29, 0.717) is 12.8 Å². The Kier molecular flexibility index (Phi) is 4.58. The van der Waals surface area contributed by atoms with Crippen LogP contribution in [0.15, 0.2) is 24.4 Å². The van der Waals surface area contributed by atoms with Crippen molar-refractivity contribution >= 4 is 18.6 Å². The molecule has 3 N–H and O–H groups in total. The molecule has 0 saturated heterocycles. The molecule has 82 valence electrons. The Hall–Kier alpha value is -1.07. The molecule has 0 unspecified atom stereocenters. The molecule has 0 saturated carbocycles. The van der Waals surface area contributed by atoms with Gasteiger partial charge in [0.25, 0.3) is 0 Å². The lowest BCUT2D eigenvalue weighted by Gasteiger charge is -2.14. The van der Waals surface area contributed by atoms with E-state index in [1.165, 1.54) is 0 Å². The van der Waals surface area contributed by atoms with Gasteiger partial charge >= 0.3 is 5.97 Å². The molecule has 0 spiro atoms. The van der Waals surface area contributed by atoms with Crippen LogP contribution in [0.4, 0.5) is 0 Å². The predicted octanol–water partition coefficient (Wildman–Crippen LogP) is 0.724. The summed E-state index contributed by atoms with van der Waals surface area (Å²) >= 11 is 4.16. The molecular weight excluding hydrogens is 212 g/mol. The molecule has 0 fully saturated rings. The number of carboxylic acid groups (broad SMARTS) is 1. The number of aryl methyl sites for hydroxylation is 1. The highest BCUT2D eigenvalue weighted by atomic mass is 32.1. The SMILES string of the molecule is N[C@H](C(=O)O)[C@@H](S)CCc1ccccn1. The number of pyridine rings is 1. The van der Waals surface area contributed by atoms with E-state index in [-0.39, 0.29) is 5.25 Å². The van der Waals surface area contributed by atoms with E-state index >= 15 is 0 Å². The minimum Gasteiger partial charge on any atom is -0.480 e. The van der Waals surface area contributed by atoms with Crippen molar-refractivity contribution in [1.82, 2.24) is 4.98 Å². The van der Waals surface area contributed by atoms with Gasteiger partial charge in [0.1, 0.15) is 6.04 Å². The summed E-state index contributed by atoms with van der Waals surface area (Å²) in [6.45, 7) is 0. The minimum atomic E-state index is -1.02. The van der Waals surface area contributed by atoms with Gasteiger partial charge in [-0.2, -0.15) is 12.6 Å². The van der Waals surface area contributed by atoms with E-state index in [9.17, 15) is 4.79 Å². The second-order valence-corrected chi connectivity index (χ2v) is 3.95. The van der Waals surface area contributed by atoms with E-state index < -0.39 is 12.0 Å². The molecule has 2 atom stereocenters. The summed E-state index contributed by atoms with van der Waals surface area (Å²) in [5.74, 6) is -1.02. The molecule has 4 nitrogen and oxygen atoms in total. The van der Waals surface area contributed by atoms with Crippen molar-refractivity contribution in [2.24, 2.45) is 5.73 Å². The first kappa shape index (κ1) is 12.0. The van der Waals surface area contributed by atoms with Gasteiger partial charge in [0, 0.05) is 17.1 Å². The Morgan fingerprint density at radius 1 is 1.60 bits per heavy atom. The standard InChI is InChI=1S/C10H14N2O2S/c11-9(10(13)14)8(15)5-4-7-3-1-2-6-12-7/h1-3,6,8-9,15H,4-5,11H2,(H,13,14)/t8-,9-/m0/s1. The van der Waals surface area contributed by atoms with Crippen molar-refractivity contribution in [2.45, 2.75) is 24.1 Å². The maximum Gasteiger partial charge on any atom is 0.321 e. The van der Waals surface area contributed by atoms with Crippen LogP contribution in [0.2, 0.25) is 0 Å². The van der Waals surface area contributed by atoms with Gasteiger partial charge in [-0.05, 0) is 25.0 Å². The number of thiol groups is 1. The van der Waals surface area contributed by atoms with E-state index in [4.69, 9.17) is 10.8 Å². The number of aliphatic carboxylic acids is 1. The van der Waals surface area contributed by atoms with Crippen LogP contribution >= 0.6 is 12.6 Å². The third-order valence-corrected chi connectivity index (χ3v) is 2.70. The Morgan fingerprint density at radius 3 is 2.87 bits per heavy atom. The summed E-state index contributed by atoms with van der Waals surface area (Å²) in [4.78, 5) is 14.7. The monoisotopic (exact) mass is 226 g/mol. The maximum atomic E-state index is 10.6. The van der Waals surface area contributed by atoms with Crippen LogP contribution < -0.4 is 5.73 Å². The van der Waals surface area contributed by atoms with Crippen molar-refractivity contribution in [3.63, 3.8) is 0 Å². The highest BCUT2D eigenvalue weighted by molar-refractivity contribution is 7.81. The Morgan fingerprint density at radius 2 is 2.33 bits per heavy atom. The number of nitrogens with zero attached hydrogens (tertiary/aromatic N) is 1. The van der Waals surface area contributed by atoms with Gasteiger partial charge in [-0.15, -0.1) is 0 Å². The molecule has 0 aliphatic rings. The zero-order chi connectivity index (χ0) is 11.3. The van der Waals surface area contributed by atoms with Gasteiger partial charge in [0.2, 0.25) is 0 Å². The number of hydrogen-bond acceptors (Lipinski definition) is 4. The number of rotatable bonds is 5. The summed E-state index contributed by atoms with van der Waals surface area (Å²) < 4.78 is 0.